The maximum Gasteiger partial charge on any atom is 0.191 e. The summed E-state index contributed by atoms with van der Waals surface area (Å²) < 4.78 is 22.5. The van der Waals surface area contributed by atoms with Crippen molar-refractivity contribution >= 4 is 27.7 Å². The SMILES string of the molecule is CCn1c(COc2ccc(Br)cc2)nnc1SCc1ccccc1F. The zero-order valence-corrected chi connectivity index (χ0v) is 16.1. The summed E-state index contributed by atoms with van der Waals surface area (Å²) in [4.78, 5) is 0. The molecular weight excluding hydrogens is 405 g/mol. The molecule has 0 saturated carbocycles. The minimum Gasteiger partial charge on any atom is -0.486 e. The molecule has 3 aromatic rings. The average Bonchev–Trinajstić information content (AvgIpc) is 3.02. The second kappa shape index (κ2) is 8.49. The standard InChI is InChI=1S/C18H17BrFN3OS/c1-2-23-17(11-24-15-9-7-14(19)8-10-15)21-22-18(23)25-12-13-5-3-4-6-16(13)20/h3-10H,2,11-12H2,1H3. The van der Waals surface area contributed by atoms with Crippen molar-refractivity contribution in [2.24, 2.45) is 0 Å². The minimum atomic E-state index is -0.198. The first-order chi connectivity index (χ1) is 12.2. The van der Waals surface area contributed by atoms with Crippen LogP contribution >= 0.6 is 27.7 Å². The van der Waals surface area contributed by atoms with Crippen LogP contribution in [0.25, 0.3) is 0 Å². The van der Waals surface area contributed by atoms with E-state index in [1.807, 2.05) is 41.8 Å². The molecule has 7 heteroatoms. The van der Waals surface area contributed by atoms with Crippen molar-refractivity contribution in [2.75, 3.05) is 0 Å². The van der Waals surface area contributed by atoms with Crippen molar-refractivity contribution < 1.29 is 9.13 Å². The largest absolute Gasteiger partial charge is 0.486 e. The Labute approximate surface area is 158 Å². The van der Waals surface area contributed by atoms with Gasteiger partial charge in [-0.15, -0.1) is 10.2 Å². The molecule has 0 saturated heterocycles. The first kappa shape index (κ1) is 17.9. The molecule has 0 N–H and O–H groups in total. The molecule has 0 atom stereocenters. The third-order valence-corrected chi connectivity index (χ3v) is 5.15. The number of ether oxygens (including phenoxy) is 1. The van der Waals surface area contributed by atoms with Crippen molar-refractivity contribution in [2.45, 2.75) is 31.0 Å². The van der Waals surface area contributed by atoms with Gasteiger partial charge in [-0.3, -0.25) is 0 Å². The molecule has 3 rings (SSSR count). The highest BCUT2D eigenvalue weighted by Crippen LogP contribution is 2.24. The maximum absolute atomic E-state index is 13.7. The second-order valence-corrected chi connectivity index (χ2v) is 7.12. The van der Waals surface area contributed by atoms with Gasteiger partial charge in [0.15, 0.2) is 11.0 Å². The summed E-state index contributed by atoms with van der Waals surface area (Å²) >= 11 is 4.87. The van der Waals surface area contributed by atoms with E-state index in [1.165, 1.54) is 17.8 Å². The number of hydrogen-bond acceptors (Lipinski definition) is 4. The number of nitrogens with zero attached hydrogens (tertiary/aromatic N) is 3. The van der Waals surface area contributed by atoms with Crippen LogP contribution in [0.15, 0.2) is 58.2 Å². The molecule has 130 valence electrons. The molecule has 2 aromatic carbocycles. The molecule has 0 unspecified atom stereocenters. The van der Waals surface area contributed by atoms with Crippen LogP contribution in [0.3, 0.4) is 0 Å². The van der Waals surface area contributed by atoms with Crippen molar-refractivity contribution in [3.05, 3.63) is 70.2 Å². The van der Waals surface area contributed by atoms with Crippen LogP contribution in [0.4, 0.5) is 4.39 Å². The highest BCUT2D eigenvalue weighted by molar-refractivity contribution is 9.10. The summed E-state index contributed by atoms with van der Waals surface area (Å²) in [5, 5.41) is 9.21. The maximum atomic E-state index is 13.7. The molecule has 4 nitrogen and oxygen atoms in total. The zero-order chi connectivity index (χ0) is 17.6. The van der Waals surface area contributed by atoms with E-state index in [9.17, 15) is 4.39 Å². The first-order valence-electron chi connectivity index (χ1n) is 7.84. The fourth-order valence-corrected chi connectivity index (χ4v) is 3.56. The van der Waals surface area contributed by atoms with Gasteiger partial charge in [-0.05, 0) is 42.8 Å². The van der Waals surface area contributed by atoms with Crippen molar-refractivity contribution in [1.29, 1.82) is 0 Å². The Bertz CT molecular complexity index is 839. The molecule has 0 aliphatic heterocycles. The van der Waals surface area contributed by atoms with Gasteiger partial charge < -0.3 is 9.30 Å². The van der Waals surface area contributed by atoms with Gasteiger partial charge in [0.05, 0.1) is 0 Å². The van der Waals surface area contributed by atoms with Crippen molar-refractivity contribution in [3.63, 3.8) is 0 Å². The third kappa shape index (κ3) is 4.61. The van der Waals surface area contributed by atoms with E-state index >= 15 is 0 Å². The quantitative estimate of drug-likeness (QED) is 0.499. The molecule has 0 amide bonds. The second-order valence-electron chi connectivity index (χ2n) is 5.27. The number of halogens is 2. The summed E-state index contributed by atoms with van der Waals surface area (Å²) in [5.74, 6) is 1.84. The van der Waals surface area contributed by atoms with Crippen LogP contribution in [0.5, 0.6) is 5.75 Å². The number of benzene rings is 2. The van der Waals surface area contributed by atoms with Crippen LogP contribution in [-0.4, -0.2) is 14.8 Å². The topological polar surface area (TPSA) is 39.9 Å². The van der Waals surface area contributed by atoms with Crippen LogP contribution < -0.4 is 4.74 Å². The number of hydrogen-bond donors (Lipinski definition) is 0. The molecule has 0 bridgehead atoms. The van der Waals surface area contributed by atoms with E-state index in [4.69, 9.17) is 4.74 Å². The van der Waals surface area contributed by atoms with E-state index < -0.39 is 0 Å². The van der Waals surface area contributed by atoms with Gasteiger partial charge in [0.25, 0.3) is 0 Å². The molecule has 25 heavy (non-hydrogen) atoms. The highest BCUT2D eigenvalue weighted by atomic mass is 79.9. The lowest BCUT2D eigenvalue weighted by Crippen LogP contribution is -2.07. The van der Waals surface area contributed by atoms with Crippen molar-refractivity contribution in [3.8, 4) is 5.75 Å². The Morgan fingerprint density at radius 3 is 2.60 bits per heavy atom. The van der Waals surface area contributed by atoms with E-state index in [2.05, 4.69) is 26.1 Å². The molecule has 0 fully saturated rings. The van der Waals surface area contributed by atoms with Crippen molar-refractivity contribution in [1.82, 2.24) is 14.8 Å². The fraction of sp³-hybridized carbons (Fsp3) is 0.222. The monoisotopic (exact) mass is 421 g/mol. The molecule has 1 heterocycles. The lowest BCUT2D eigenvalue weighted by atomic mass is 10.2. The zero-order valence-electron chi connectivity index (χ0n) is 13.7. The Hall–Kier alpha value is -1.86. The Balaban J connectivity index is 1.66. The average molecular weight is 422 g/mol. The third-order valence-electron chi connectivity index (χ3n) is 3.61. The van der Waals surface area contributed by atoms with Gasteiger partial charge in [0.1, 0.15) is 18.2 Å². The van der Waals surface area contributed by atoms with Crippen LogP contribution in [0.2, 0.25) is 0 Å². The smallest absolute Gasteiger partial charge is 0.191 e. The Morgan fingerprint density at radius 1 is 1.12 bits per heavy atom. The van der Waals surface area contributed by atoms with Gasteiger partial charge >= 0.3 is 0 Å². The van der Waals surface area contributed by atoms with E-state index in [-0.39, 0.29) is 5.82 Å². The Morgan fingerprint density at radius 2 is 1.88 bits per heavy atom. The van der Waals surface area contributed by atoms with Gasteiger partial charge in [-0.25, -0.2) is 4.39 Å². The number of rotatable bonds is 7. The normalized spacial score (nSPS) is 10.8. The molecule has 0 aliphatic rings. The van der Waals surface area contributed by atoms with Crippen LogP contribution in [0, 0.1) is 5.82 Å². The summed E-state index contributed by atoms with van der Waals surface area (Å²) in [6.45, 7) is 3.09. The Kier molecular flexibility index (Phi) is 6.09. The predicted molar refractivity (Wildman–Crippen MR) is 100 cm³/mol. The first-order valence-corrected chi connectivity index (χ1v) is 9.62. The van der Waals surface area contributed by atoms with Gasteiger partial charge in [0, 0.05) is 16.8 Å². The summed E-state index contributed by atoms with van der Waals surface area (Å²) in [7, 11) is 0. The van der Waals surface area contributed by atoms with E-state index in [1.54, 1.807) is 12.1 Å². The van der Waals surface area contributed by atoms with Crippen LogP contribution in [0.1, 0.15) is 18.3 Å². The molecular formula is C18H17BrFN3OS. The van der Waals surface area contributed by atoms with Gasteiger partial charge in [-0.1, -0.05) is 45.9 Å². The van der Waals surface area contributed by atoms with E-state index in [0.29, 0.717) is 17.9 Å². The molecule has 0 aliphatic carbocycles. The van der Waals surface area contributed by atoms with Gasteiger partial charge in [-0.2, -0.15) is 0 Å². The number of aromatic nitrogens is 3. The van der Waals surface area contributed by atoms with E-state index in [0.717, 1.165) is 27.7 Å². The predicted octanol–water partition coefficient (Wildman–Crippen LogP) is 5.07. The highest BCUT2D eigenvalue weighted by Gasteiger charge is 2.13. The summed E-state index contributed by atoms with van der Waals surface area (Å²) in [6.07, 6.45) is 0. The molecule has 0 radical (unpaired) electrons. The fourth-order valence-electron chi connectivity index (χ4n) is 2.29. The number of thioether (sulfide) groups is 1. The lowest BCUT2D eigenvalue weighted by Gasteiger charge is -2.09. The van der Waals surface area contributed by atoms with Gasteiger partial charge in [0.2, 0.25) is 0 Å². The summed E-state index contributed by atoms with van der Waals surface area (Å²) in [6, 6.07) is 14.4. The minimum absolute atomic E-state index is 0.198. The molecule has 0 spiro atoms. The molecule has 1 aromatic heterocycles. The lowest BCUT2D eigenvalue weighted by molar-refractivity contribution is 0.288. The van der Waals surface area contributed by atoms with Crippen LogP contribution in [-0.2, 0) is 18.9 Å². The summed E-state index contributed by atoms with van der Waals surface area (Å²) in [5.41, 5.74) is 0.658.